The number of aryl methyl sites for hydroxylation is 2. The maximum absolute atomic E-state index is 12.9. The fourth-order valence-electron chi connectivity index (χ4n) is 3.94. The van der Waals surface area contributed by atoms with Crippen LogP contribution in [-0.4, -0.2) is 26.7 Å². The normalized spacial score (nSPS) is 17.1. The number of para-hydroxylation sites is 1. The molecule has 1 N–H and O–H groups in total. The van der Waals surface area contributed by atoms with Crippen molar-refractivity contribution in [3.63, 3.8) is 0 Å². The number of nitrogens with zero attached hydrogens (tertiary/aromatic N) is 2. The Kier molecular flexibility index (Phi) is 6.11. The number of rotatable bonds is 8. The number of carbonyl (C=O) groups is 3. The minimum absolute atomic E-state index is 0.232. The number of imidazole rings is 1. The van der Waals surface area contributed by atoms with Crippen LogP contribution in [0.3, 0.4) is 0 Å². The number of imide groups is 1. The first-order chi connectivity index (χ1) is 13.4. The Morgan fingerprint density at radius 3 is 2.68 bits per heavy atom. The molecule has 150 valence electrons. The zero-order valence-corrected chi connectivity index (χ0v) is 16.5. The number of unbranched alkanes of at least 4 members (excludes halogenated alkanes) is 2. The highest BCUT2D eigenvalue weighted by atomic mass is 16.2. The van der Waals surface area contributed by atoms with E-state index in [2.05, 4.69) is 5.32 Å². The number of Topliss-reactive ketones (excluding diaryl/α,β-unsaturated/α-hetero) is 1. The van der Waals surface area contributed by atoms with Gasteiger partial charge in [0.15, 0.2) is 0 Å². The predicted molar refractivity (Wildman–Crippen MR) is 106 cm³/mol. The highest BCUT2D eigenvalue weighted by Crippen LogP contribution is 2.25. The van der Waals surface area contributed by atoms with E-state index in [1.54, 1.807) is 11.6 Å². The van der Waals surface area contributed by atoms with Gasteiger partial charge < -0.3 is 0 Å². The van der Waals surface area contributed by atoms with E-state index in [-0.39, 0.29) is 18.0 Å². The molecule has 0 radical (unpaired) electrons. The summed E-state index contributed by atoms with van der Waals surface area (Å²) in [6, 6.07) is 5.10. The van der Waals surface area contributed by atoms with Crippen LogP contribution in [0.2, 0.25) is 0 Å². The summed E-state index contributed by atoms with van der Waals surface area (Å²) in [5, 5.41) is 2.33. The molecule has 1 aliphatic heterocycles. The molecule has 0 spiro atoms. The molecule has 1 fully saturated rings. The summed E-state index contributed by atoms with van der Waals surface area (Å²) in [4.78, 5) is 48.0. The van der Waals surface area contributed by atoms with Crippen LogP contribution in [0.1, 0.15) is 63.5 Å². The van der Waals surface area contributed by atoms with Crippen molar-refractivity contribution in [3.8, 4) is 0 Å². The Morgan fingerprint density at radius 2 is 1.96 bits per heavy atom. The van der Waals surface area contributed by atoms with Crippen molar-refractivity contribution >= 4 is 28.6 Å². The molecular weight excluding hydrogens is 358 g/mol. The lowest BCUT2D eigenvalue weighted by molar-refractivity contribution is -0.135. The fourth-order valence-corrected chi connectivity index (χ4v) is 3.94. The third-order valence-corrected chi connectivity index (χ3v) is 5.50. The van der Waals surface area contributed by atoms with Gasteiger partial charge in [-0.1, -0.05) is 25.5 Å². The van der Waals surface area contributed by atoms with Crippen LogP contribution in [0.25, 0.3) is 11.0 Å². The van der Waals surface area contributed by atoms with Crippen LogP contribution < -0.4 is 11.0 Å². The van der Waals surface area contributed by atoms with E-state index in [0.29, 0.717) is 25.0 Å². The Bertz CT molecular complexity index is 970. The average molecular weight is 385 g/mol. The summed E-state index contributed by atoms with van der Waals surface area (Å²) in [7, 11) is 1.72. The number of piperidine rings is 1. The second-order valence-electron chi connectivity index (χ2n) is 7.42. The number of hydrogen-bond donors (Lipinski definition) is 1. The molecule has 7 heteroatoms. The molecule has 1 aromatic carbocycles. The van der Waals surface area contributed by atoms with Crippen molar-refractivity contribution in [3.05, 3.63) is 34.2 Å². The van der Waals surface area contributed by atoms with Gasteiger partial charge in [0.05, 0.1) is 11.0 Å². The maximum atomic E-state index is 12.9. The molecule has 1 unspecified atom stereocenters. The molecule has 0 aliphatic carbocycles. The molecule has 7 nitrogen and oxygen atoms in total. The van der Waals surface area contributed by atoms with Gasteiger partial charge in [-0.2, -0.15) is 0 Å². The Hall–Kier alpha value is -2.70. The Morgan fingerprint density at radius 1 is 1.18 bits per heavy atom. The van der Waals surface area contributed by atoms with Crippen LogP contribution in [0.15, 0.2) is 23.0 Å². The number of carbonyl (C=O) groups excluding carboxylic acids is 3. The molecular formula is C21H27N3O4. The Balaban J connectivity index is 1.83. The molecule has 1 aliphatic rings. The minimum Gasteiger partial charge on any atom is -0.300 e. The number of fused-ring (bicyclic) bond motifs is 1. The van der Waals surface area contributed by atoms with Crippen molar-refractivity contribution < 1.29 is 14.4 Å². The number of amides is 2. The molecule has 1 saturated heterocycles. The van der Waals surface area contributed by atoms with Crippen molar-refractivity contribution in [2.45, 2.75) is 64.3 Å². The summed E-state index contributed by atoms with van der Waals surface area (Å²) in [5.41, 5.74) is 2.37. The van der Waals surface area contributed by atoms with Crippen molar-refractivity contribution in [1.29, 1.82) is 0 Å². The summed E-state index contributed by atoms with van der Waals surface area (Å²) in [6.07, 6.45) is 5.39. The van der Waals surface area contributed by atoms with Gasteiger partial charge in [0.1, 0.15) is 11.8 Å². The molecule has 2 amide bonds. The summed E-state index contributed by atoms with van der Waals surface area (Å²) >= 11 is 0. The summed E-state index contributed by atoms with van der Waals surface area (Å²) in [6.45, 7) is 1.89. The zero-order chi connectivity index (χ0) is 20.3. The van der Waals surface area contributed by atoms with Crippen LogP contribution >= 0.6 is 0 Å². The fraction of sp³-hybridized carbons (Fsp3) is 0.524. The van der Waals surface area contributed by atoms with E-state index < -0.39 is 11.9 Å². The number of ketones is 1. The first-order valence-corrected chi connectivity index (χ1v) is 9.98. The lowest BCUT2D eigenvalue weighted by atomic mass is 10.0. The van der Waals surface area contributed by atoms with Gasteiger partial charge in [0.25, 0.3) is 0 Å². The first kappa shape index (κ1) is 20.0. The van der Waals surface area contributed by atoms with Crippen molar-refractivity contribution in [1.82, 2.24) is 14.5 Å². The predicted octanol–water partition coefficient (Wildman–Crippen LogP) is 2.40. The molecule has 2 aromatic rings. The van der Waals surface area contributed by atoms with Gasteiger partial charge in [-0.3, -0.25) is 28.8 Å². The number of aromatic nitrogens is 2. The molecule has 1 atom stereocenters. The maximum Gasteiger partial charge on any atom is 0.329 e. The molecule has 28 heavy (non-hydrogen) atoms. The summed E-state index contributed by atoms with van der Waals surface area (Å²) < 4.78 is 3.11. The van der Waals surface area contributed by atoms with E-state index in [9.17, 15) is 19.2 Å². The van der Waals surface area contributed by atoms with Gasteiger partial charge in [0, 0.05) is 26.3 Å². The average Bonchev–Trinajstić information content (AvgIpc) is 2.93. The number of hydrogen-bond acceptors (Lipinski definition) is 4. The van der Waals surface area contributed by atoms with E-state index >= 15 is 0 Å². The second kappa shape index (κ2) is 8.54. The van der Waals surface area contributed by atoms with Crippen molar-refractivity contribution in [2.24, 2.45) is 7.05 Å². The molecule has 3 rings (SSSR count). The minimum atomic E-state index is -0.663. The number of nitrogens with one attached hydrogen (secondary N) is 1. The topological polar surface area (TPSA) is 90.2 Å². The summed E-state index contributed by atoms with van der Waals surface area (Å²) in [5.74, 6) is -0.417. The number of benzene rings is 1. The van der Waals surface area contributed by atoms with Gasteiger partial charge in [-0.05, 0) is 37.3 Å². The van der Waals surface area contributed by atoms with Crippen LogP contribution in [-0.2, 0) is 27.9 Å². The van der Waals surface area contributed by atoms with E-state index in [0.717, 1.165) is 42.3 Å². The zero-order valence-electron chi connectivity index (χ0n) is 16.5. The molecule has 0 bridgehead atoms. The van der Waals surface area contributed by atoms with Gasteiger partial charge >= 0.3 is 5.69 Å². The first-order valence-electron chi connectivity index (χ1n) is 9.98. The van der Waals surface area contributed by atoms with Gasteiger partial charge in [-0.25, -0.2) is 4.79 Å². The van der Waals surface area contributed by atoms with Crippen LogP contribution in [0.4, 0.5) is 0 Å². The highest BCUT2D eigenvalue weighted by molar-refractivity contribution is 6.00. The Labute approximate surface area is 163 Å². The van der Waals surface area contributed by atoms with Crippen molar-refractivity contribution in [2.75, 3.05) is 0 Å². The molecule has 0 saturated carbocycles. The lowest BCUT2D eigenvalue weighted by Crippen LogP contribution is -2.44. The highest BCUT2D eigenvalue weighted by Gasteiger charge is 2.31. The largest absolute Gasteiger partial charge is 0.329 e. The molecule has 2 heterocycles. The van der Waals surface area contributed by atoms with E-state index in [4.69, 9.17) is 0 Å². The molecule has 1 aromatic heterocycles. The monoisotopic (exact) mass is 385 g/mol. The standard InChI is InChI=1S/C21H27N3O4/c1-3-15(25)10-6-4-5-8-14-9-7-11-16-19(14)23(2)21(28)24(16)17-12-13-18(26)22-20(17)27/h7,9,11,17H,3-6,8,10,12-13H2,1-2H3,(H,22,26,27). The third-order valence-electron chi connectivity index (χ3n) is 5.50. The third kappa shape index (κ3) is 3.93. The van der Waals surface area contributed by atoms with Crippen LogP contribution in [0, 0.1) is 0 Å². The van der Waals surface area contributed by atoms with E-state index in [1.165, 1.54) is 4.57 Å². The van der Waals surface area contributed by atoms with Gasteiger partial charge in [0.2, 0.25) is 11.8 Å². The lowest BCUT2D eigenvalue weighted by Gasteiger charge is -2.21. The quantitative estimate of drug-likeness (QED) is 0.558. The van der Waals surface area contributed by atoms with Gasteiger partial charge in [-0.15, -0.1) is 0 Å². The second-order valence-corrected chi connectivity index (χ2v) is 7.42. The smallest absolute Gasteiger partial charge is 0.300 e. The van der Waals surface area contributed by atoms with E-state index in [1.807, 2.05) is 25.1 Å². The SMILES string of the molecule is CCC(=O)CCCCCc1cccc2c1n(C)c(=O)n2C1CCC(=O)NC1=O. The van der Waals surface area contributed by atoms with Crippen LogP contribution in [0.5, 0.6) is 0 Å².